The summed E-state index contributed by atoms with van der Waals surface area (Å²) in [4.78, 5) is 10.6. The molecule has 0 saturated carbocycles. The first-order valence-corrected chi connectivity index (χ1v) is 20.2. The van der Waals surface area contributed by atoms with Crippen molar-refractivity contribution >= 4 is 40.3 Å². The lowest BCUT2D eigenvalue weighted by molar-refractivity contribution is 0.613. The van der Waals surface area contributed by atoms with Crippen LogP contribution in [-0.4, -0.2) is 14.5 Å². The molecule has 11 rings (SSSR count). The van der Waals surface area contributed by atoms with Crippen molar-refractivity contribution in [1.82, 2.24) is 14.5 Å². The Bertz CT molecular complexity index is 2770. The fraction of sp³-hybridized carbons (Fsp3) is 0.255. The molecule has 264 valence electrons. The number of para-hydroxylation sites is 1. The maximum Gasteiger partial charge on any atom is 0.160 e. The Hall–Kier alpha value is -5.54. The van der Waals surface area contributed by atoms with Crippen LogP contribution in [-0.2, 0) is 12.8 Å². The van der Waals surface area contributed by atoms with Crippen molar-refractivity contribution in [3.8, 4) is 17.1 Å². The summed E-state index contributed by atoms with van der Waals surface area (Å²) in [7, 11) is 0. The molecule has 3 aromatic carbocycles. The van der Waals surface area contributed by atoms with Gasteiger partial charge in [-0.1, -0.05) is 98.8 Å². The SMILES string of the molecule is CC1(C)C2=C(CCC=C2)C2=C1c1c(c3ccccc3n1-c1ccc(-c3nc(C4=CC=C(C5=Cc6ccccc6CC5)CC4)c4c(n3)=CCCC=4)cc1)CC2. The number of aryl methyl sites for hydroxylation is 2. The predicted molar refractivity (Wildman–Crippen MR) is 224 cm³/mol. The summed E-state index contributed by atoms with van der Waals surface area (Å²) in [6, 6.07) is 27.0. The number of aromatic nitrogens is 3. The number of benzene rings is 3. The van der Waals surface area contributed by atoms with Gasteiger partial charge >= 0.3 is 0 Å². The summed E-state index contributed by atoms with van der Waals surface area (Å²) in [5, 5.41) is 3.67. The molecule has 2 aromatic heterocycles. The van der Waals surface area contributed by atoms with Crippen LogP contribution in [0.5, 0.6) is 0 Å². The number of hydrogen-bond donors (Lipinski definition) is 0. The monoisotopic (exact) mass is 699 g/mol. The molecule has 0 spiro atoms. The van der Waals surface area contributed by atoms with Gasteiger partial charge in [0.1, 0.15) is 0 Å². The van der Waals surface area contributed by atoms with Crippen molar-refractivity contribution in [2.24, 2.45) is 5.41 Å². The number of allylic oxidation sites excluding steroid dienone is 11. The van der Waals surface area contributed by atoms with Gasteiger partial charge in [0.2, 0.25) is 0 Å². The first-order chi connectivity index (χ1) is 26.5. The molecule has 0 radical (unpaired) electrons. The van der Waals surface area contributed by atoms with E-state index in [0.29, 0.717) is 0 Å². The van der Waals surface area contributed by atoms with Crippen LogP contribution in [0, 0.1) is 5.41 Å². The predicted octanol–water partition coefficient (Wildman–Crippen LogP) is 11.0. The zero-order valence-corrected chi connectivity index (χ0v) is 31.4. The van der Waals surface area contributed by atoms with Crippen molar-refractivity contribution in [2.45, 2.75) is 78.1 Å². The van der Waals surface area contributed by atoms with Crippen LogP contribution >= 0.6 is 0 Å². The molecule has 0 unspecified atom stereocenters. The fourth-order valence-corrected chi connectivity index (χ4v) is 10.5. The molecule has 3 nitrogen and oxygen atoms in total. The number of fused-ring (bicyclic) bond motifs is 7. The van der Waals surface area contributed by atoms with E-state index < -0.39 is 0 Å². The van der Waals surface area contributed by atoms with E-state index in [2.05, 4.69) is 134 Å². The highest BCUT2D eigenvalue weighted by atomic mass is 15.0. The maximum absolute atomic E-state index is 5.36. The Balaban J connectivity index is 0.985. The van der Waals surface area contributed by atoms with Gasteiger partial charge in [0, 0.05) is 27.3 Å². The summed E-state index contributed by atoms with van der Waals surface area (Å²) >= 11 is 0. The molecule has 0 fully saturated rings. The van der Waals surface area contributed by atoms with Crippen LogP contribution in [0.25, 0.3) is 57.4 Å². The largest absolute Gasteiger partial charge is 0.309 e. The first kappa shape index (κ1) is 31.9. The van der Waals surface area contributed by atoms with Crippen molar-refractivity contribution in [3.05, 3.63) is 164 Å². The van der Waals surface area contributed by atoms with Crippen molar-refractivity contribution in [3.63, 3.8) is 0 Å². The van der Waals surface area contributed by atoms with E-state index in [1.54, 1.807) is 11.1 Å². The third-order valence-corrected chi connectivity index (χ3v) is 13.1. The van der Waals surface area contributed by atoms with Crippen molar-refractivity contribution in [2.75, 3.05) is 0 Å². The summed E-state index contributed by atoms with van der Waals surface area (Å²) in [6.07, 6.45) is 27.5. The van der Waals surface area contributed by atoms with Crippen molar-refractivity contribution in [1.29, 1.82) is 0 Å². The van der Waals surface area contributed by atoms with Crippen LogP contribution < -0.4 is 10.6 Å². The summed E-state index contributed by atoms with van der Waals surface area (Å²) in [6.45, 7) is 4.90. The highest BCUT2D eigenvalue weighted by Gasteiger charge is 2.44. The van der Waals surface area contributed by atoms with Crippen molar-refractivity contribution < 1.29 is 0 Å². The molecular formula is C51H45N3. The second-order valence-electron chi connectivity index (χ2n) is 16.5. The zero-order valence-electron chi connectivity index (χ0n) is 31.4. The Morgan fingerprint density at radius 1 is 0.667 bits per heavy atom. The molecule has 0 bridgehead atoms. The fourth-order valence-electron chi connectivity index (χ4n) is 10.5. The van der Waals surface area contributed by atoms with Crippen LogP contribution in [0.2, 0.25) is 0 Å². The van der Waals surface area contributed by atoms with Gasteiger partial charge in [-0.3, -0.25) is 0 Å². The Labute approximate surface area is 317 Å². The maximum atomic E-state index is 5.36. The van der Waals surface area contributed by atoms with E-state index in [1.165, 1.54) is 72.1 Å². The quantitative estimate of drug-likeness (QED) is 0.187. The van der Waals surface area contributed by atoms with E-state index in [9.17, 15) is 0 Å². The average molecular weight is 700 g/mol. The van der Waals surface area contributed by atoms with Gasteiger partial charge in [-0.2, -0.15) is 0 Å². The molecule has 5 aromatic rings. The molecule has 2 heterocycles. The van der Waals surface area contributed by atoms with Crippen LogP contribution in [0.1, 0.15) is 93.3 Å². The van der Waals surface area contributed by atoms with E-state index in [1.807, 2.05) is 0 Å². The molecule has 3 heteroatoms. The smallest absolute Gasteiger partial charge is 0.160 e. The third kappa shape index (κ3) is 4.87. The summed E-state index contributed by atoms with van der Waals surface area (Å²) < 4.78 is 2.56. The number of nitrogens with zero attached hydrogens (tertiary/aromatic N) is 3. The normalized spacial score (nSPS) is 19.5. The standard InChI is InChI=1S/C51H45N3/c1-51(2)44-16-8-5-13-39(44)41-29-30-42-40-14-7-10-18-46(40)54(49(42)47(41)51)38-27-25-35(26-28-38)50-52-45-17-9-6-15-43(45)48(53-50)34-22-19-33(20-23-34)37-24-21-32-11-3-4-12-36(32)31-37/h3-4,7-8,10-12,14-19,22,25-28,31H,5-6,9,13,20-21,23-24,29-30H2,1-2H3. The molecular weight excluding hydrogens is 655 g/mol. The Kier molecular flexibility index (Phi) is 7.24. The van der Waals surface area contributed by atoms with Crippen LogP contribution in [0.3, 0.4) is 0 Å². The van der Waals surface area contributed by atoms with Gasteiger partial charge in [0.25, 0.3) is 0 Å². The van der Waals surface area contributed by atoms with Gasteiger partial charge in [0.05, 0.1) is 22.3 Å². The topological polar surface area (TPSA) is 30.7 Å². The van der Waals surface area contributed by atoms with Crippen LogP contribution in [0.15, 0.2) is 125 Å². The molecule has 0 N–H and O–H groups in total. The molecule has 0 amide bonds. The Morgan fingerprint density at radius 2 is 1.46 bits per heavy atom. The minimum absolute atomic E-state index is 0.0216. The highest BCUT2D eigenvalue weighted by Crippen LogP contribution is 2.59. The van der Waals surface area contributed by atoms with E-state index in [-0.39, 0.29) is 5.41 Å². The van der Waals surface area contributed by atoms with Gasteiger partial charge in [-0.25, -0.2) is 9.97 Å². The van der Waals surface area contributed by atoms with E-state index >= 15 is 0 Å². The van der Waals surface area contributed by atoms with E-state index in [0.717, 1.165) is 86.6 Å². The summed E-state index contributed by atoms with van der Waals surface area (Å²) in [5.74, 6) is 0.814. The van der Waals surface area contributed by atoms with Crippen LogP contribution in [0.4, 0.5) is 0 Å². The zero-order chi connectivity index (χ0) is 36.0. The summed E-state index contributed by atoms with van der Waals surface area (Å²) in [5.41, 5.74) is 21.0. The molecule has 0 saturated heterocycles. The van der Waals surface area contributed by atoms with Gasteiger partial charge in [-0.15, -0.1) is 0 Å². The molecule has 0 atom stereocenters. The number of hydrogen-bond acceptors (Lipinski definition) is 2. The number of rotatable bonds is 4. The van der Waals surface area contributed by atoms with Gasteiger partial charge in [0.15, 0.2) is 5.82 Å². The highest BCUT2D eigenvalue weighted by molar-refractivity contribution is 5.97. The first-order valence-electron chi connectivity index (χ1n) is 20.2. The molecule has 54 heavy (non-hydrogen) atoms. The minimum Gasteiger partial charge on any atom is -0.309 e. The third-order valence-electron chi connectivity index (χ3n) is 13.1. The lowest BCUT2D eigenvalue weighted by Crippen LogP contribution is -2.35. The van der Waals surface area contributed by atoms with Gasteiger partial charge in [-0.05, 0) is 150 Å². The molecule has 6 aliphatic rings. The van der Waals surface area contributed by atoms with E-state index in [4.69, 9.17) is 9.97 Å². The van der Waals surface area contributed by atoms with Gasteiger partial charge < -0.3 is 4.57 Å². The Morgan fingerprint density at radius 3 is 2.35 bits per heavy atom. The average Bonchev–Trinajstić information content (AvgIpc) is 3.69. The molecule has 6 aliphatic carbocycles. The lowest BCUT2D eigenvalue weighted by Gasteiger charge is -2.30. The molecule has 0 aliphatic heterocycles. The lowest BCUT2D eigenvalue weighted by atomic mass is 9.75. The second-order valence-corrected chi connectivity index (χ2v) is 16.5. The minimum atomic E-state index is -0.0216. The second kappa shape index (κ2) is 12.2.